The maximum atomic E-state index is 10.1. The molecule has 108 valence electrons. The summed E-state index contributed by atoms with van der Waals surface area (Å²) >= 11 is 0. The molecule has 0 spiro atoms. The van der Waals surface area contributed by atoms with Gasteiger partial charge in [-0.3, -0.25) is 9.59 Å². The molecule has 0 aliphatic carbocycles. The average molecular weight is 262 g/mol. The van der Waals surface area contributed by atoms with E-state index in [0.717, 1.165) is 25.7 Å². The van der Waals surface area contributed by atoms with E-state index in [1.54, 1.807) is 0 Å². The van der Waals surface area contributed by atoms with Crippen molar-refractivity contribution in [3.05, 3.63) is 0 Å². The third kappa shape index (κ3) is 12.9. The first-order valence-electron chi connectivity index (χ1n) is 6.33. The van der Waals surface area contributed by atoms with E-state index in [-0.39, 0.29) is 0 Å². The number of carboxylic acid groups (broad SMARTS) is 2. The lowest BCUT2D eigenvalue weighted by Gasteiger charge is -2.02. The molecule has 0 amide bonds. The van der Waals surface area contributed by atoms with Gasteiger partial charge in [-0.2, -0.15) is 0 Å². The van der Waals surface area contributed by atoms with Crippen LogP contribution in [0.1, 0.15) is 52.4 Å². The van der Waals surface area contributed by atoms with E-state index in [0.29, 0.717) is 12.8 Å². The standard InChI is InChI=1S/2C6H13NO2/c2*1-2-3-4-5(7)6(8)9/h2*5H,2-4,7H2,1H3,(H,8,9). The number of aliphatic carboxylic acids is 2. The Kier molecular flexibility index (Phi) is 13.1. The highest BCUT2D eigenvalue weighted by molar-refractivity contribution is 5.73. The van der Waals surface area contributed by atoms with Crippen LogP contribution >= 0.6 is 0 Å². The number of nitrogens with two attached hydrogens (primary N) is 2. The van der Waals surface area contributed by atoms with Crippen LogP contribution in [0.25, 0.3) is 0 Å². The van der Waals surface area contributed by atoms with Gasteiger partial charge in [-0.25, -0.2) is 0 Å². The molecule has 0 saturated heterocycles. The molecule has 0 aliphatic heterocycles. The second kappa shape index (κ2) is 12.3. The molecule has 2 unspecified atom stereocenters. The maximum Gasteiger partial charge on any atom is 0.320 e. The third-order valence-corrected chi connectivity index (χ3v) is 2.37. The molecule has 0 heterocycles. The molecule has 0 rings (SSSR count). The molecule has 0 radical (unpaired) electrons. The minimum absolute atomic E-state index is 0.589. The van der Waals surface area contributed by atoms with Gasteiger partial charge in [0, 0.05) is 0 Å². The molecule has 6 nitrogen and oxygen atoms in total. The molecule has 0 aliphatic rings. The van der Waals surface area contributed by atoms with Crippen LogP contribution in [0.3, 0.4) is 0 Å². The third-order valence-electron chi connectivity index (χ3n) is 2.37. The van der Waals surface area contributed by atoms with Crippen LogP contribution in [-0.2, 0) is 9.59 Å². The molecule has 0 aromatic carbocycles. The van der Waals surface area contributed by atoms with Crippen LogP contribution < -0.4 is 11.5 Å². The van der Waals surface area contributed by atoms with E-state index in [2.05, 4.69) is 0 Å². The zero-order valence-corrected chi connectivity index (χ0v) is 11.3. The van der Waals surface area contributed by atoms with E-state index in [1.165, 1.54) is 0 Å². The molecule has 6 heteroatoms. The first-order valence-corrected chi connectivity index (χ1v) is 6.33. The fourth-order valence-electron chi connectivity index (χ4n) is 1.10. The number of carbonyl (C=O) groups is 2. The van der Waals surface area contributed by atoms with Gasteiger partial charge in [0.2, 0.25) is 0 Å². The van der Waals surface area contributed by atoms with Gasteiger partial charge >= 0.3 is 11.9 Å². The van der Waals surface area contributed by atoms with Gasteiger partial charge < -0.3 is 21.7 Å². The summed E-state index contributed by atoms with van der Waals surface area (Å²) in [5, 5.41) is 16.6. The van der Waals surface area contributed by atoms with Crippen molar-refractivity contribution in [3.63, 3.8) is 0 Å². The van der Waals surface area contributed by atoms with E-state index < -0.39 is 24.0 Å². The van der Waals surface area contributed by atoms with Crippen LogP contribution in [0.15, 0.2) is 0 Å². The summed E-state index contributed by atoms with van der Waals surface area (Å²) in [6.45, 7) is 4.02. The molecule has 0 aromatic rings. The summed E-state index contributed by atoms with van der Waals surface area (Å²) in [5.74, 6) is -1.80. The zero-order chi connectivity index (χ0) is 14.6. The van der Waals surface area contributed by atoms with E-state index >= 15 is 0 Å². The van der Waals surface area contributed by atoms with Crippen molar-refractivity contribution in [2.45, 2.75) is 64.5 Å². The minimum atomic E-state index is -0.900. The van der Waals surface area contributed by atoms with Crippen LogP contribution in [0.5, 0.6) is 0 Å². The normalized spacial score (nSPS) is 13.1. The molecule has 0 bridgehead atoms. The lowest BCUT2D eigenvalue weighted by Crippen LogP contribution is -2.29. The quantitative estimate of drug-likeness (QED) is 0.520. The van der Waals surface area contributed by atoms with Crippen molar-refractivity contribution in [1.82, 2.24) is 0 Å². The monoisotopic (exact) mass is 262 g/mol. The van der Waals surface area contributed by atoms with E-state index in [1.807, 2.05) is 13.8 Å². The van der Waals surface area contributed by atoms with Gasteiger partial charge in [-0.15, -0.1) is 0 Å². The predicted molar refractivity (Wildman–Crippen MR) is 70.3 cm³/mol. The fraction of sp³-hybridized carbons (Fsp3) is 0.833. The first-order chi connectivity index (χ1) is 8.36. The molecule has 18 heavy (non-hydrogen) atoms. The van der Waals surface area contributed by atoms with Gasteiger partial charge in [-0.1, -0.05) is 39.5 Å². The number of hydrogen-bond acceptors (Lipinski definition) is 4. The SMILES string of the molecule is CCCCC(N)C(=O)O.CCCCC(N)C(=O)O. The second-order valence-corrected chi connectivity index (χ2v) is 4.17. The van der Waals surface area contributed by atoms with Gasteiger partial charge in [-0.05, 0) is 12.8 Å². The summed E-state index contributed by atoms with van der Waals surface area (Å²) in [4.78, 5) is 20.2. The summed E-state index contributed by atoms with van der Waals surface area (Å²) in [6.07, 6.45) is 4.97. The van der Waals surface area contributed by atoms with Crippen molar-refractivity contribution in [2.24, 2.45) is 11.5 Å². The molecular weight excluding hydrogens is 236 g/mol. The Morgan fingerprint density at radius 1 is 0.889 bits per heavy atom. The number of hydrogen-bond donors (Lipinski definition) is 4. The molecule has 0 saturated carbocycles. The summed E-state index contributed by atoms with van der Waals surface area (Å²) < 4.78 is 0. The zero-order valence-electron chi connectivity index (χ0n) is 11.3. The summed E-state index contributed by atoms with van der Waals surface area (Å²) in [5.41, 5.74) is 10.4. The Labute approximate surface area is 108 Å². The van der Waals surface area contributed by atoms with Crippen molar-refractivity contribution in [1.29, 1.82) is 0 Å². The van der Waals surface area contributed by atoms with E-state index in [9.17, 15) is 9.59 Å². The van der Waals surface area contributed by atoms with Gasteiger partial charge in [0.15, 0.2) is 0 Å². The van der Waals surface area contributed by atoms with Gasteiger partial charge in [0.1, 0.15) is 12.1 Å². The van der Waals surface area contributed by atoms with E-state index in [4.69, 9.17) is 21.7 Å². The smallest absolute Gasteiger partial charge is 0.320 e. The van der Waals surface area contributed by atoms with Crippen LogP contribution in [0, 0.1) is 0 Å². The lowest BCUT2D eigenvalue weighted by atomic mass is 10.1. The number of rotatable bonds is 8. The van der Waals surface area contributed by atoms with Crippen molar-refractivity contribution < 1.29 is 19.8 Å². The highest BCUT2D eigenvalue weighted by Gasteiger charge is 2.09. The molecule has 0 aromatic heterocycles. The lowest BCUT2D eigenvalue weighted by molar-refractivity contribution is -0.139. The van der Waals surface area contributed by atoms with Crippen LogP contribution in [0.2, 0.25) is 0 Å². The number of carboxylic acids is 2. The molecule has 6 N–H and O–H groups in total. The Bertz CT molecular complexity index is 210. The summed E-state index contributed by atoms with van der Waals surface area (Å²) in [7, 11) is 0. The highest BCUT2D eigenvalue weighted by Crippen LogP contribution is 1.97. The van der Waals surface area contributed by atoms with Gasteiger partial charge in [0.25, 0.3) is 0 Å². The maximum absolute atomic E-state index is 10.1. The Hall–Kier alpha value is -1.14. The highest BCUT2D eigenvalue weighted by atomic mass is 16.4. The topological polar surface area (TPSA) is 127 Å². The Morgan fingerprint density at radius 3 is 1.33 bits per heavy atom. The van der Waals surface area contributed by atoms with Gasteiger partial charge in [0.05, 0.1) is 0 Å². The Balaban J connectivity index is 0. The van der Waals surface area contributed by atoms with Crippen LogP contribution in [-0.4, -0.2) is 34.2 Å². The summed E-state index contributed by atoms with van der Waals surface area (Å²) in [6, 6.07) is -1.32. The van der Waals surface area contributed by atoms with Crippen LogP contribution in [0.4, 0.5) is 0 Å². The van der Waals surface area contributed by atoms with Crippen molar-refractivity contribution in [2.75, 3.05) is 0 Å². The van der Waals surface area contributed by atoms with Crippen molar-refractivity contribution in [3.8, 4) is 0 Å². The minimum Gasteiger partial charge on any atom is -0.480 e. The Morgan fingerprint density at radius 2 is 1.17 bits per heavy atom. The second-order valence-electron chi connectivity index (χ2n) is 4.17. The molecular formula is C12H26N2O4. The largest absolute Gasteiger partial charge is 0.480 e. The van der Waals surface area contributed by atoms with Crippen molar-refractivity contribution >= 4 is 11.9 Å². The number of unbranched alkanes of at least 4 members (excludes halogenated alkanes) is 2. The first kappa shape index (κ1) is 19.2. The fourth-order valence-corrected chi connectivity index (χ4v) is 1.10. The molecule has 2 atom stereocenters. The molecule has 0 fully saturated rings. The average Bonchev–Trinajstić information content (AvgIpc) is 2.33. The predicted octanol–water partition coefficient (Wildman–Crippen LogP) is 1.18.